The van der Waals surface area contributed by atoms with Gasteiger partial charge in [-0.1, -0.05) is 36.5 Å². The number of hydrogen-bond acceptors (Lipinski definition) is 12. The minimum Gasteiger partial charge on any atom is -0.493 e. The van der Waals surface area contributed by atoms with Crippen LogP contribution in [0.1, 0.15) is 237 Å². The molecule has 0 N–H and O–H groups in total. The first-order valence-electron chi connectivity index (χ1n) is 33.9. The van der Waals surface area contributed by atoms with Crippen molar-refractivity contribution < 1.29 is 56.3 Å². The van der Waals surface area contributed by atoms with E-state index in [4.69, 9.17) is 56.3 Å². The van der Waals surface area contributed by atoms with Crippen LogP contribution >= 0.6 is 0 Å². The zero-order chi connectivity index (χ0) is 62.2. The van der Waals surface area contributed by atoms with E-state index in [1.807, 2.05) is 18.2 Å². The highest BCUT2D eigenvalue weighted by molar-refractivity contribution is 6.63. The van der Waals surface area contributed by atoms with E-state index in [-0.39, 0.29) is 0 Å². The van der Waals surface area contributed by atoms with Gasteiger partial charge in [0.1, 0.15) is 34.5 Å². The Balaban J connectivity index is 0.910. The quantitative estimate of drug-likeness (QED) is 0.184. The fourth-order valence-electron chi connectivity index (χ4n) is 10.7. The van der Waals surface area contributed by atoms with Crippen LogP contribution in [0.2, 0.25) is 0 Å². The average Bonchev–Trinajstić information content (AvgIpc) is 2.01. The predicted molar refractivity (Wildman–Crippen MR) is 358 cm³/mol. The first kappa shape index (κ1) is 70.1. The summed E-state index contributed by atoms with van der Waals surface area (Å²) < 4.78 is 77.0. The van der Waals surface area contributed by atoms with Crippen molar-refractivity contribution in [1.29, 1.82) is 0 Å². The Morgan fingerprint density at radius 1 is 0.218 bits per heavy atom. The molecule has 0 saturated carbocycles. The van der Waals surface area contributed by atoms with Crippen molar-refractivity contribution >= 4 is 37.7 Å². The van der Waals surface area contributed by atoms with Crippen molar-refractivity contribution in [3.8, 4) is 34.5 Å². The van der Waals surface area contributed by atoms with Crippen LogP contribution in [0.15, 0.2) is 91.1 Å². The van der Waals surface area contributed by atoms with E-state index in [1.165, 1.54) is 0 Å². The van der Waals surface area contributed by atoms with Gasteiger partial charge in [0.2, 0.25) is 0 Å². The molecule has 0 atom stereocenters. The summed E-state index contributed by atoms with van der Waals surface area (Å²) in [5.74, 6) is 4.74. The van der Waals surface area contributed by atoms with Gasteiger partial charge in [0, 0.05) is 18.2 Å². The van der Waals surface area contributed by atoms with Gasteiger partial charge in [-0.2, -0.15) is 0 Å². The highest BCUT2D eigenvalue weighted by atomic mass is 16.7. The lowest BCUT2D eigenvalue weighted by Gasteiger charge is -2.32. The Labute approximate surface area is 527 Å². The number of hydrogen-bond donors (Lipinski definition) is 0. The third-order valence-electron chi connectivity index (χ3n) is 18.5. The van der Waals surface area contributed by atoms with E-state index in [0.29, 0.717) is 39.6 Å². The summed E-state index contributed by atoms with van der Waals surface area (Å²) in [4.78, 5) is 0. The molecule has 15 heteroatoms. The van der Waals surface area contributed by atoms with E-state index in [1.54, 1.807) is 0 Å². The summed E-state index contributed by atoms with van der Waals surface area (Å²) in [5.41, 5.74) is 0.106. The molecule has 0 unspecified atom stereocenters. The third-order valence-corrected chi connectivity index (χ3v) is 18.5. The first-order valence-corrected chi connectivity index (χ1v) is 33.9. The maximum absolute atomic E-state index is 6.46. The Bertz CT molecular complexity index is 2170. The van der Waals surface area contributed by atoms with E-state index in [2.05, 4.69) is 156 Å². The van der Waals surface area contributed by atoms with Gasteiger partial charge >= 0.3 is 21.4 Å². The lowest BCUT2D eigenvalue weighted by molar-refractivity contribution is 0.00578. The summed E-state index contributed by atoms with van der Waals surface area (Å²) >= 11 is 0. The maximum atomic E-state index is 6.46. The molecule has 0 aromatic heterocycles. The third kappa shape index (κ3) is 22.5. The molecule has 6 bridgehead atoms. The minimum absolute atomic E-state index is 0.443. The van der Waals surface area contributed by atoms with Gasteiger partial charge in [-0.15, -0.1) is 0 Å². The van der Waals surface area contributed by atoms with Crippen molar-refractivity contribution in [3.05, 3.63) is 91.1 Å². The predicted octanol–water partition coefficient (Wildman–Crippen LogP) is 16.3. The highest BCUT2D eigenvalue weighted by Crippen LogP contribution is 2.40. The fourth-order valence-corrected chi connectivity index (χ4v) is 10.7. The normalized spacial score (nSPS) is 24.2. The summed E-state index contributed by atoms with van der Waals surface area (Å²) in [6.45, 7) is 28.9. The zero-order valence-corrected chi connectivity index (χ0v) is 56.0. The lowest BCUT2D eigenvalue weighted by Crippen LogP contribution is -2.41. The van der Waals surface area contributed by atoms with Crippen molar-refractivity contribution in [2.45, 2.75) is 271 Å². The largest absolute Gasteiger partial charge is 0.495 e. The number of allylic oxidation sites excluding steroid dienone is 6. The van der Waals surface area contributed by atoms with Gasteiger partial charge in [0.05, 0.1) is 73.2 Å². The van der Waals surface area contributed by atoms with Crippen LogP contribution in [0.5, 0.6) is 34.5 Å². The second-order valence-electron chi connectivity index (χ2n) is 27.6. The second kappa shape index (κ2) is 34.2. The molecule has 480 valence electrons. The molecule has 3 aromatic carbocycles. The smallest absolute Gasteiger partial charge is 0.493 e. The standard InChI is InChI=1S/C72H111B3O12/c1-67(2)68(3,4)83-73(82-67)58-49-61-55-62(50-58)77-44-38-32-26-20-14-16-22-28-34-40-46-79-64-52-60(75-86-71(9,10)72(11,12)87-75)54-66(57-64)81-48-42-36-30-24-18-17-23-29-35-41-47-80-65-53-59(74-84-69(5,6)70(7,8)85-74)51-63(56-65)78-45-39-33-27-21-15-13-19-25-31-37-43-76-61/h13-18,49-57H,19-48H2,1-12H3/b15-13+,16-14+,18-17+. The number of fused-ring (bicyclic) bond motifs is 6. The van der Waals surface area contributed by atoms with Crippen molar-refractivity contribution in [3.63, 3.8) is 0 Å². The van der Waals surface area contributed by atoms with Gasteiger partial charge in [0.25, 0.3) is 0 Å². The van der Waals surface area contributed by atoms with Crippen LogP contribution < -0.4 is 44.8 Å². The number of rotatable bonds is 3. The second-order valence-corrected chi connectivity index (χ2v) is 27.6. The van der Waals surface area contributed by atoms with Gasteiger partial charge < -0.3 is 56.3 Å². The summed E-state index contributed by atoms with van der Waals surface area (Å²) in [6, 6.07) is 18.4. The van der Waals surface area contributed by atoms with Crippen molar-refractivity contribution in [1.82, 2.24) is 0 Å². The molecule has 87 heavy (non-hydrogen) atoms. The molecule has 4 aliphatic rings. The van der Waals surface area contributed by atoms with Crippen LogP contribution in [-0.4, -0.2) is 94.6 Å². The average molecular weight is 1200 g/mol. The summed E-state index contributed by atoms with van der Waals surface area (Å²) in [7, 11) is -1.48. The highest BCUT2D eigenvalue weighted by Gasteiger charge is 2.54. The van der Waals surface area contributed by atoms with Gasteiger partial charge in [0.15, 0.2) is 0 Å². The lowest BCUT2D eigenvalue weighted by atomic mass is 9.79. The van der Waals surface area contributed by atoms with Crippen LogP contribution in [0.4, 0.5) is 0 Å². The molecule has 4 aliphatic heterocycles. The van der Waals surface area contributed by atoms with Crippen LogP contribution in [0.3, 0.4) is 0 Å². The Hall–Kier alpha value is -4.37. The summed E-state index contributed by atoms with van der Waals surface area (Å²) in [6.07, 6.45) is 39.8. The fraction of sp³-hybridized carbons (Fsp3) is 0.667. The van der Waals surface area contributed by atoms with E-state index < -0.39 is 55.0 Å². The van der Waals surface area contributed by atoms with Crippen LogP contribution in [0.25, 0.3) is 0 Å². The molecule has 3 fully saturated rings. The molecule has 0 radical (unpaired) electrons. The van der Waals surface area contributed by atoms with Gasteiger partial charge in [-0.3, -0.25) is 0 Å². The Morgan fingerprint density at radius 3 is 0.540 bits per heavy atom. The van der Waals surface area contributed by atoms with Crippen molar-refractivity contribution in [2.24, 2.45) is 0 Å². The Morgan fingerprint density at radius 2 is 0.379 bits per heavy atom. The number of benzene rings is 3. The van der Waals surface area contributed by atoms with E-state index in [9.17, 15) is 0 Å². The molecule has 0 aliphatic carbocycles. The maximum Gasteiger partial charge on any atom is 0.495 e. The van der Waals surface area contributed by atoms with Crippen LogP contribution in [0, 0.1) is 0 Å². The van der Waals surface area contributed by atoms with Gasteiger partial charge in [-0.05, 0) is 290 Å². The topological polar surface area (TPSA) is 111 Å². The molecule has 4 heterocycles. The minimum atomic E-state index is -0.493. The molecular weight excluding hydrogens is 1090 g/mol. The molecule has 7 rings (SSSR count). The van der Waals surface area contributed by atoms with Crippen molar-refractivity contribution in [2.75, 3.05) is 39.6 Å². The summed E-state index contributed by atoms with van der Waals surface area (Å²) in [5, 5.41) is 0. The molecule has 12 nitrogen and oxygen atoms in total. The zero-order valence-electron chi connectivity index (χ0n) is 56.0. The molecular formula is C72H111B3O12. The van der Waals surface area contributed by atoms with Gasteiger partial charge in [-0.25, -0.2) is 0 Å². The van der Waals surface area contributed by atoms with E-state index in [0.717, 1.165) is 205 Å². The molecule has 3 saturated heterocycles. The van der Waals surface area contributed by atoms with E-state index >= 15 is 0 Å². The molecule has 0 amide bonds. The molecule has 3 aromatic rings. The SMILES string of the molecule is CC1(C)OB(c2cc3cc(c2)OCCCCC/C=C/CCCCCOc2cc(cc(B4OC(C)(C)C(C)(C)O4)c2)OCCCCC/C=C/CCCCCOc2cc(cc(B4OC(C)(C)C(C)(C)O4)c2)OCCCCC/C=C/CCCCCO3)OC1(C)C. The van der Waals surface area contributed by atoms with Crippen LogP contribution in [-0.2, 0) is 27.9 Å². The monoisotopic (exact) mass is 1200 g/mol. The first-order chi connectivity index (χ1) is 41.6. The Kier molecular flexibility index (Phi) is 27.5. The number of ether oxygens (including phenoxy) is 6. The molecule has 0 spiro atoms.